The Kier molecular flexibility index (Phi) is 7.85. The lowest BCUT2D eigenvalue weighted by Crippen LogP contribution is -2.08. The summed E-state index contributed by atoms with van der Waals surface area (Å²) in [7, 11) is 0. The minimum Gasteiger partial charge on any atom is -0.308 e. The van der Waals surface area contributed by atoms with E-state index in [0.29, 0.717) is 28.6 Å². The van der Waals surface area contributed by atoms with Crippen LogP contribution >= 0.6 is 0 Å². The van der Waals surface area contributed by atoms with Crippen LogP contribution in [0, 0.1) is 22.7 Å². The second-order valence-electron chi connectivity index (χ2n) is 13.7. The minimum absolute atomic E-state index is 0.154. The largest absolute Gasteiger partial charge is 0.416 e. The zero-order chi connectivity index (χ0) is 39.5. The summed E-state index contributed by atoms with van der Waals surface area (Å²) in [6.45, 7) is 0. The van der Waals surface area contributed by atoms with E-state index in [1.165, 1.54) is 6.07 Å². The van der Waals surface area contributed by atoms with Gasteiger partial charge in [-0.1, -0.05) is 36.4 Å². The molecule has 0 N–H and O–H groups in total. The van der Waals surface area contributed by atoms with Crippen molar-refractivity contribution in [1.82, 2.24) is 29.1 Å². The van der Waals surface area contributed by atoms with Crippen molar-refractivity contribution in [3.8, 4) is 57.4 Å². The van der Waals surface area contributed by atoms with Crippen molar-refractivity contribution in [3.05, 3.63) is 169 Å². The third-order valence-electron chi connectivity index (χ3n) is 10.4. The Hall–Kier alpha value is -8.15. The van der Waals surface area contributed by atoms with Gasteiger partial charge in [0.05, 0.1) is 62.3 Å². The van der Waals surface area contributed by atoms with Crippen LogP contribution in [0.3, 0.4) is 0 Å². The van der Waals surface area contributed by atoms with Crippen LogP contribution in [0.4, 0.5) is 13.2 Å². The fourth-order valence-corrected chi connectivity index (χ4v) is 7.96. The highest BCUT2D eigenvalue weighted by Crippen LogP contribution is 2.45. The Bertz CT molecular complexity index is 3180. The zero-order valence-corrected chi connectivity index (χ0v) is 30.1. The molecule has 274 valence electrons. The zero-order valence-electron chi connectivity index (χ0n) is 30.1. The minimum atomic E-state index is -4.75. The number of para-hydroxylation sites is 2. The Morgan fingerprint density at radius 1 is 0.448 bits per heavy atom. The van der Waals surface area contributed by atoms with E-state index < -0.39 is 11.7 Å². The molecule has 58 heavy (non-hydrogen) atoms. The van der Waals surface area contributed by atoms with Crippen LogP contribution in [-0.2, 0) is 6.18 Å². The Balaban J connectivity index is 1.36. The molecule has 4 aromatic heterocycles. The van der Waals surface area contributed by atoms with E-state index in [2.05, 4.69) is 26.0 Å². The summed E-state index contributed by atoms with van der Waals surface area (Å²) in [4.78, 5) is 17.8. The summed E-state index contributed by atoms with van der Waals surface area (Å²) >= 11 is 0. The van der Waals surface area contributed by atoms with Crippen LogP contribution in [0.15, 0.2) is 152 Å². The molecule has 0 saturated carbocycles. The van der Waals surface area contributed by atoms with Crippen molar-refractivity contribution in [2.75, 3.05) is 0 Å². The van der Waals surface area contributed by atoms with Crippen molar-refractivity contribution in [1.29, 1.82) is 10.5 Å². The van der Waals surface area contributed by atoms with Gasteiger partial charge in [-0.3, -0.25) is 0 Å². The van der Waals surface area contributed by atoms with Gasteiger partial charge in [-0.25, -0.2) is 19.9 Å². The first-order valence-corrected chi connectivity index (χ1v) is 18.1. The fourth-order valence-electron chi connectivity index (χ4n) is 7.96. The molecular formula is C47H25F3N8. The van der Waals surface area contributed by atoms with Crippen LogP contribution in [0.5, 0.6) is 0 Å². The lowest BCUT2D eigenvalue weighted by atomic mass is 9.94. The standard InChI is InChI=1S/C47H25F3N8/c48-47(49,50)33-20-28(26-51)19-32(23-33)44-42(57-38-9-3-1-7-34(38)36-24-30(11-13-40(36)57)45-53-15-5-16-54-45)21-29(27-52)22-43(44)58-39-10-4-2-8-35(39)37-25-31(12-14-41(37)58)46-55-17-6-18-56-46/h1-25H. The number of hydrogen-bond donors (Lipinski definition) is 0. The second kappa shape index (κ2) is 13.3. The third-order valence-corrected chi connectivity index (χ3v) is 10.4. The first-order valence-electron chi connectivity index (χ1n) is 18.1. The van der Waals surface area contributed by atoms with Gasteiger partial charge in [0.15, 0.2) is 11.6 Å². The number of nitriles is 2. The molecular weight excluding hydrogens is 734 g/mol. The van der Waals surface area contributed by atoms with Crippen LogP contribution in [-0.4, -0.2) is 29.1 Å². The summed E-state index contributed by atoms with van der Waals surface area (Å²) in [5.74, 6) is 1.08. The number of fused-ring (bicyclic) bond motifs is 6. The lowest BCUT2D eigenvalue weighted by molar-refractivity contribution is -0.137. The molecule has 10 rings (SSSR count). The highest BCUT2D eigenvalue weighted by atomic mass is 19.4. The van der Waals surface area contributed by atoms with E-state index in [9.17, 15) is 23.7 Å². The van der Waals surface area contributed by atoms with Gasteiger partial charge in [0, 0.05) is 63.0 Å². The molecule has 8 nitrogen and oxygen atoms in total. The lowest BCUT2D eigenvalue weighted by Gasteiger charge is -2.22. The van der Waals surface area contributed by atoms with Crippen LogP contribution in [0.1, 0.15) is 16.7 Å². The van der Waals surface area contributed by atoms with E-state index in [4.69, 9.17) is 0 Å². The topological polar surface area (TPSA) is 109 Å². The monoisotopic (exact) mass is 758 g/mol. The molecule has 0 amide bonds. The van der Waals surface area contributed by atoms with Gasteiger partial charge in [0.25, 0.3) is 0 Å². The third kappa shape index (κ3) is 5.53. The molecule has 0 aliphatic rings. The summed E-state index contributed by atoms with van der Waals surface area (Å²) in [5, 5.41) is 24.2. The van der Waals surface area contributed by atoms with Gasteiger partial charge in [-0.2, -0.15) is 23.7 Å². The molecule has 0 unspecified atom stereocenters. The number of benzene rings is 6. The fraction of sp³-hybridized carbons (Fsp3) is 0.0213. The number of nitrogens with zero attached hydrogens (tertiary/aromatic N) is 8. The van der Waals surface area contributed by atoms with E-state index in [1.54, 1.807) is 49.1 Å². The van der Waals surface area contributed by atoms with Crippen molar-refractivity contribution >= 4 is 43.6 Å². The number of alkyl halides is 3. The van der Waals surface area contributed by atoms with Crippen LogP contribution in [0.25, 0.3) is 88.9 Å². The first kappa shape index (κ1) is 34.3. The van der Waals surface area contributed by atoms with Gasteiger partial charge in [-0.05, 0) is 96.6 Å². The van der Waals surface area contributed by atoms with Crippen LogP contribution < -0.4 is 0 Å². The maximum Gasteiger partial charge on any atom is 0.416 e. The molecule has 0 saturated heterocycles. The van der Waals surface area contributed by atoms with E-state index in [-0.39, 0.29) is 16.7 Å². The second-order valence-corrected chi connectivity index (χ2v) is 13.7. The molecule has 6 aromatic carbocycles. The summed E-state index contributed by atoms with van der Waals surface area (Å²) in [6.07, 6.45) is 1.94. The molecule has 0 aliphatic carbocycles. The van der Waals surface area contributed by atoms with Gasteiger partial charge in [0.2, 0.25) is 0 Å². The normalized spacial score (nSPS) is 11.7. The Morgan fingerprint density at radius 3 is 1.36 bits per heavy atom. The predicted octanol–water partition coefficient (Wildman–Crippen LogP) is 11.2. The molecule has 10 aromatic rings. The van der Waals surface area contributed by atoms with Gasteiger partial charge < -0.3 is 9.13 Å². The average Bonchev–Trinajstić information content (AvgIpc) is 3.78. The molecule has 0 fully saturated rings. The molecule has 4 heterocycles. The molecule has 0 atom stereocenters. The first-order chi connectivity index (χ1) is 28.3. The number of hydrogen-bond acceptors (Lipinski definition) is 6. The smallest absolute Gasteiger partial charge is 0.308 e. The van der Waals surface area contributed by atoms with E-state index >= 15 is 0 Å². The maximum absolute atomic E-state index is 14.7. The van der Waals surface area contributed by atoms with Gasteiger partial charge in [-0.15, -0.1) is 0 Å². The highest BCUT2D eigenvalue weighted by Gasteiger charge is 2.33. The Labute approximate surface area is 328 Å². The number of aromatic nitrogens is 6. The highest BCUT2D eigenvalue weighted by molar-refractivity contribution is 6.13. The van der Waals surface area contributed by atoms with E-state index in [0.717, 1.165) is 66.9 Å². The van der Waals surface area contributed by atoms with Gasteiger partial charge in [0.1, 0.15) is 0 Å². The van der Waals surface area contributed by atoms with E-state index in [1.807, 2.05) is 100 Å². The molecule has 0 radical (unpaired) electrons. The summed E-state index contributed by atoms with van der Waals surface area (Å²) in [6, 6.07) is 41.7. The quantitative estimate of drug-likeness (QED) is 0.173. The maximum atomic E-state index is 14.7. The van der Waals surface area contributed by atoms with Crippen molar-refractivity contribution in [3.63, 3.8) is 0 Å². The van der Waals surface area contributed by atoms with Crippen LogP contribution in [0.2, 0.25) is 0 Å². The van der Waals surface area contributed by atoms with Gasteiger partial charge >= 0.3 is 6.18 Å². The predicted molar refractivity (Wildman–Crippen MR) is 217 cm³/mol. The SMILES string of the molecule is N#Cc1cc(-c2c(-n3c4ccccc4c4cc(-c5ncccn5)ccc43)cc(C#N)cc2-n2c3ccccc3c3cc(-c4ncccn4)ccc32)cc(C(F)(F)F)c1. The number of halogens is 3. The molecule has 0 aliphatic heterocycles. The van der Waals surface area contributed by atoms with Crippen molar-refractivity contribution < 1.29 is 13.2 Å². The van der Waals surface area contributed by atoms with Crippen molar-refractivity contribution in [2.24, 2.45) is 0 Å². The Morgan fingerprint density at radius 2 is 0.897 bits per heavy atom. The average molecular weight is 759 g/mol. The summed E-state index contributed by atoms with van der Waals surface area (Å²) < 4.78 is 48.0. The molecule has 0 spiro atoms. The molecule has 11 heteroatoms. The molecule has 0 bridgehead atoms. The summed E-state index contributed by atoms with van der Waals surface area (Å²) in [5.41, 5.74) is 5.16. The number of rotatable bonds is 5. The van der Waals surface area contributed by atoms with Crippen molar-refractivity contribution in [2.45, 2.75) is 6.18 Å².